The van der Waals surface area contributed by atoms with Gasteiger partial charge in [-0.1, -0.05) is 0 Å². The van der Waals surface area contributed by atoms with Crippen molar-refractivity contribution in [2.24, 2.45) is 0 Å². The first-order valence-electron chi connectivity index (χ1n) is 6.66. The molecule has 0 saturated carbocycles. The van der Waals surface area contributed by atoms with Gasteiger partial charge in [0.2, 0.25) is 0 Å². The Morgan fingerprint density at radius 1 is 1.05 bits per heavy atom. The molecule has 2 heterocycles. The number of hydrogen-bond acceptors (Lipinski definition) is 2. The maximum absolute atomic E-state index is 13.7. The number of rotatable bonds is 1. The first kappa shape index (κ1) is 12.3. The highest BCUT2D eigenvalue weighted by atomic mass is 19.1. The lowest BCUT2D eigenvalue weighted by atomic mass is 10.1. The van der Waals surface area contributed by atoms with Crippen LogP contribution in [-0.2, 0) is 0 Å². The van der Waals surface area contributed by atoms with Gasteiger partial charge in [0.05, 0.1) is 5.52 Å². The van der Waals surface area contributed by atoms with Crippen LogP contribution in [0.25, 0.3) is 10.9 Å². The van der Waals surface area contributed by atoms with E-state index in [0.717, 1.165) is 43.4 Å². The second kappa shape index (κ2) is 4.76. The summed E-state index contributed by atoms with van der Waals surface area (Å²) in [6, 6.07) is 3.97. The lowest BCUT2D eigenvalue weighted by molar-refractivity contribution is 0.572. The lowest BCUT2D eigenvalue weighted by Crippen LogP contribution is -2.30. The molecule has 3 rings (SSSR count). The molecular formula is C15H16F2N2. The Bertz CT molecular complexity index is 619. The zero-order valence-electron chi connectivity index (χ0n) is 10.9. The minimum absolute atomic E-state index is 0.389. The summed E-state index contributed by atoms with van der Waals surface area (Å²) in [6.07, 6.45) is 3.54. The van der Waals surface area contributed by atoms with Crippen molar-refractivity contribution >= 4 is 16.7 Å². The summed E-state index contributed by atoms with van der Waals surface area (Å²) in [5.74, 6) is -0.265. The Morgan fingerprint density at radius 2 is 1.79 bits per heavy atom. The van der Waals surface area contributed by atoms with Crippen molar-refractivity contribution in [1.29, 1.82) is 0 Å². The fourth-order valence-electron chi connectivity index (χ4n) is 2.72. The summed E-state index contributed by atoms with van der Waals surface area (Å²) in [5, 5.41) is 0.389. The molecular weight excluding hydrogens is 246 g/mol. The molecule has 1 saturated heterocycles. The predicted octanol–water partition coefficient (Wildman–Crippen LogP) is 3.81. The molecule has 0 aliphatic carbocycles. The summed E-state index contributed by atoms with van der Waals surface area (Å²) in [6.45, 7) is 3.87. The van der Waals surface area contributed by atoms with Crippen molar-refractivity contribution in [2.75, 3.05) is 18.0 Å². The molecule has 4 heteroatoms. The second-order valence-corrected chi connectivity index (χ2v) is 5.13. The summed E-state index contributed by atoms with van der Waals surface area (Å²) in [4.78, 5) is 6.68. The molecule has 0 amide bonds. The van der Waals surface area contributed by atoms with Gasteiger partial charge < -0.3 is 4.90 Å². The highest BCUT2D eigenvalue weighted by molar-refractivity contribution is 5.82. The van der Waals surface area contributed by atoms with Gasteiger partial charge in [-0.25, -0.2) is 13.8 Å². The van der Waals surface area contributed by atoms with E-state index in [1.54, 1.807) is 6.07 Å². The average molecular weight is 262 g/mol. The third kappa shape index (κ3) is 2.27. The molecule has 0 unspecified atom stereocenters. The molecule has 1 aromatic heterocycles. The molecule has 1 aliphatic rings. The largest absolute Gasteiger partial charge is 0.356 e. The van der Waals surface area contributed by atoms with Gasteiger partial charge in [-0.15, -0.1) is 0 Å². The molecule has 0 radical (unpaired) electrons. The third-order valence-electron chi connectivity index (χ3n) is 3.67. The summed E-state index contributed by atoms with van der Waals surface area (Å²) in [5.41, 5.74) is 1.34. The number of fused-ring (bicyclic) bond motifs is 1. The van der Waals surface area contributed by atoms with E-state index < -0.39 is 11.6 Å². The van der Waals surface area contributed by atoms with E-state index in [0.29, 0.717) is 10.9 Å². The van der Waals surface area contributed by atoms with Crippen molar-refractivity contribution in [1.82, 2.24) is 4.98 Å². The van der Waals surface area contributed by atoms with Crippen LogP contribution in [0.5, 0.6) is 0 Å². The van der Waals surface area contributed by atoms with Crippen LogP contribution in [0.1, 0.15) is 24.8 Å². The number of benzene rings is 1. The smallest absolute Gasteiger partial charge is 0.135 e. The number of nitrogens with zero attached hydrogens (tertiary/aromatic N) is 2. The normalized spacial score (nSPS) is 16.1. The van der Waals surface area contributed by atoms with E-state index in [1.807, 2.05) is 6.92 Å². The quantitative estimate of drug-likeness (QED) is 0.777. The topological polar surface area (TPSA) is 16.1 Å². The monoisotopic (exact) mass is 262 g/mol. The van der Waals surface area contributed by atoms with Crippen molar-refractivity contribution in [3.05, 3.63) is 35.4 Å². The highest BCUT2D eigenvalue weighted by Gasteiger charge is 2.16. The summed E-state index contributed by atoms with van der Waals surface area (Å²) >= 11 is 0. The van der Waals surface area contributed by atoms with E-state index in [1.165, 1.54) is 12.5 Å². The third-order valence-corrected chi connectivity index (χ3v) is 3.67. The Morgan fingerprint density at radius 3 is 2.53 bits per heavy atom. The van der Waals surface area contributed by atoms with Gasteiger partial charge >= 0.3 is 0 Å². The molecule has 19 heavy (non-hydrogen) atoms. The molecule has 0 N–H and O–H groups in total. The van der Waals surface area contributed by atoms with Crippen LogP contribution in [0.2, 0.25) is 0 Å². The summed E-state index contributed by atoms with van der Waals surface area (Å²) < 4.78 is 27.0. The molecule has 1 fully saturated rings. The van der Waals surface area contributed by atoms with E-state index in [-0.39, 0.29) is 0 Å². The first-order valence-corrected chi connectivity index (χ1v) is 6.66. The van der Waals surface area contributed by atoms with Crippen molar-refractivity contribution in [3.63, 3.8) is 0 Å². The number of aryl methyl sites for hydroxylation is 1. The average Bonchev–Trinajstić information content (AvgIpc) is 2.40. The molecule has 0 spiro atoms. The highest BCUT2D eigenvalue weighted by Crippen LogP contribution is 2.27. The Balaban J connectivity index is 2.12. The van der Waals surface area contributed by atoms with Gasteiger partial charge in [0.25, 0.3) is 0 Å². The fourth-order valence-corrected chi connectivity index (χ4v) is 2.72. The van der Waals surface area contributed by atoms with Crippen molar-refractivity contribution in [2.45, 2.75) is 26.2 Å². The number of halogens is 2. The van der Waals surface area contributed by atoms with Crippen LogP contribution >= 0.6 is 0 Å². The number of anilines is 1. The molecule has 100 valence electrons. The molecule has 2 aromatic rings. The molecule has 1 aliphatic heterocycles. The maximum atomic E-state index is 13.7. The first-order chi connectivity index (χ1) is 9.15. The van der Waals surface area contributed by atoms with Gasteiger partial charge in [0, 0.05) is 30.6 Å². The number of aromatic nitrogens is 1. The lowest BCUT2D eigenvalue weighted by Gasteiger charge is -2.29. The van der Waals surface area contributed by atoms with Crippen LogP contribution in [0, 0.1) is 18.6 Å². The molecule has 2 nitrogen and oxygen atoms in total. The minimum atomic E-state index is -0.578. The number of hydrogen-bond donors (Lipinski definition) is 0. The van der Waals surface area contributed by atoms with Gasteiger partial charge in [0.15, 0.2) is 0 Å². The van der Waals surface area contributed by atoms with Gasteiger partial charge in [-0.3, -0.25) is 0 Å². The van der Waals surface area contributed by atoms with E-state index >= 15 is 0 Å². The standard InChI is InChI=1S/C15H16F2N2/c1-10-7-12-13(17)8-11(16)9-14(12)18-15(10)19-5-3-2-4-6-19/h7-9H,2-6H2,1H3. The van der Waals surface area contributed by atoms with Crippen LogP contribution in [0.3, 0.4) is 0 Å². The van der Waals surface area contributed by atoms with Crippen LogP contribution in [-0.4, -0.2) is 18.1 Å². The number of pyridine rings is 1. The minimum Gasteiger partial charge on any atom is -0.356 e. The van der Waals surface area contributed by atoms with E-state index in [9.17, 15) is 8.78 Å². The zero-order chi connectivity index (χ0) is 13.4. The van der Waals surface area contributed by atoms with Crippen LogP contribution < -0.4 is 4.90 Å². The summed E-state index contributed by atoms with van der Waals surface area (Å²) in [7, 11) is 0. The second-order valence-electron chi connectivity index (χ2n) is 5.13. The van der Waals surface area contributed by atoms with Crippen LogP contribution in [0.15, 0.2) is 18.2 Å². The van der Waals surface area contributed by atoms with E-state index in [4.69, 9.17) is 0 Å². The maximum Gasteiger partial charge on any atom is 0.135 e. The zero-order valence-corrected chi connectivity index (χ0v) is 10.9. The van der Waals surface area contributed by atoms with Gasteiger partial charge in [0.1, 0.15) is 17.5 Å². The molecule has 1 aromatic carbocycles. The molecule has 0 bridgehead atoms. The van der Waals surface area contributed by atoms with Crippen molar-refractivity contribution in [3.8, 4) is 0 Å². The fraction of sp³-hybridized carbons (Fsp3) is 0.400. The van der Waals surface area contributed by atoms with Crippen molar-refractivity contribution < 1.29 is 8.78 Å². The number of piperidine rings is 1. The Hall–Kier alpha value is -1.71. The Labute approximate surface area is 111 Å². The molecule has 0 atom stereocenters. The predicted molar refractivity (Wildman–Crippen MR) is 72.5 cm³/mol. The van der Waals surface area contributed by atoms with E-state index in [2.05, 4.69) is 9.88 Å². The SMILES string of the molecule is Cc1cc2c(F)cc(F)cc2nc1N1CCCCC1. The van der Waals surface area contributed by atoms with Gasteiger partial charge in [-0.05, 0) is 37.8 Å². The Kier molecular flexibility index (Phi) is 3.09. The van der Waals surface area contributed by atoms with Gasteiger partial charge in [-0.2, -0.15) is 0 Å². The van der Waals surface area contributed by atoms with Crippen LogP contribution in [0.4, 0.5) is 14.6 Å².